The largest absolute Gasteiger partial charge is 0.444 e. The fraction of sp³-hybridized carbons (Fsp3) is 0.533. The van der Waals surface area contributed by atoms with Crippen LogP contribution in [0.2, 0.25) is 0 Å². The van der Waals surface area contributed by atoms with Gasteiger partial charge in [-0.2, -0.15) is 5.10 Å². The van der Waals surface area contributed by atoms with Crippen LogP contribution in [0.15, 0.2) is 9.21 Å². The first-order valence-electron chi connectivity index (χ1n) is 7.58. The van der Waals surface area contributed by atoms with Gasteiger partial charge in [-0.1, -0.05) is 0 Å². The number of rotatable bonds is 3. The summed E-state index contributed by atoms with van der Waals surface area (Å²) in [6.45, 7) is 7.76. The molecule has 1 amide bonds. The number of aryl methyl sites for hydroxylation is 2. The van der Waals surface area contributed by atoms with E-state index in [9.17, 15) is 9.59 Å². The second-order valence-electron chi connectivity index (χ2n) is 5.84. The maximum atomic E-state index is 12.3. The maximum absolute atomic E-state index is 12.3. The van der Waals surface area contributed by atoms with Crippen LogP contribution in [0.5, 0.6) is 0 Å². The molecule has 1 fully saturated rings. The number of morpholine rings is 1. The van der Waals surface area contributed by atoms with Crippen molar-refractivity contribution in [3.8, 4) is 0 Å². The summed E-state index contributed by atoms with van der Waals surface area (Å²) in [5.41, 5.74) is 0.279. The Morgan fingerprint density at radius 1 is 1.43 bits per heavy atom. The number of H-pyrrole nitrogens is 1. The highest BCUT2D eigenvalue weighted by atomic mass is 16.5. The SMILES string of the molecule is Cc1n[nH]c(=O)c2c(NC(=O)CN3CCO[C@@H](C)C3)oc(C)c12. The third-order valence-corrected chi connectivity index (χ3v) is 3.94. The van der Waals surface area contributed by atoms with Gasteiger partial charge in [0.15, 0.2) is 0 Å². The minimum atomic E-state index is -0.377. The number of furan rings is 1. The van der Waals surface area contributed by atoms with Crippen molar-refractivity contribution in [2.24, 2.45) is 0 Å². The first-order chi connectivity index (χ1) is 11.0. The molecule has 8 heteroatoms. The number of carbonyl (C=O) groups excluding carboxylic acids is 1. The first-order valence-corrected chi connectivity index (χ1v) is 7.58. The van der Waals surface area contributed by atoms with E-state index in [1.165, 1.54) is 0 Å². The Bertz CT molecular complexity index is 795. The monoisotopic (exact) mass is 320 g/mol. The average molecular weight is 320 g/mol. The van der Waals surface area contributed by atoms with Crippen LogP contribution in [-0.2, 0) is 9.53 Å². The molecule has 0 aromatic carbocycles. The molecule has 23 heavy (non-hydrogen) atoms. The van der Waals surface area contributed by atoms with E-state index in [0.717, 1.165) is 0 Å². The summed E-state index contributed by atoms with van der Waals surface area (Å²) in [6.07, 6.45) is 0.111. The van der Waals surface area contributed by atoms with E-state index in [-0.39, 0.29) is 30.0 Å². The van der Waals surface area contributed by atoms with Crippen molar-refractivity contribution in [3.05, 3.63) is 21.8 Å². The zero-order valence-corrected chi connectivity index (χ0v) is 13.4. The van der Waals surface area contributed by atoms with Crippen LogP contribution < -0.4 is 10.9 Å². The Morgan fingerprint density at radius 2 is 2.22 bits per heavy atom. The number of anilines is 1. The van der Waals surface area contributed by atoms with E-state index in [0.29, 0.717) is 41.9 Å². The number of aromatic amines is 1. The lowest BCUT2D eigenvalue weighted by Gasteiger charge is -2.30. The molecule has 0 saturated carbocycles. The van der Waals surface area contributed by atoms with Crippen molar-refractivity contribution in [2.75, 3.05) is 31.6 Å². The zero-order chi connectivity index (χ0) is 16.6. The third kappa shape index (κ3) is 3.13. The summed E-state index contributed by atoms with van der Waals surface area (Å²) in [5.74, 6) is 0.519. The molecule has 1 aliphatic heterocycles. The number of nitrogens with one attached hydrogen (secondary N) is 2. The number of hydrogen-bond acceptors (Lipinski definition) is 6. The van der Waals surface area contributed by atoms with Crippen molar-refractivity contribution in [3.63, 3.8) is 0 Å². The van der Waals surface area contributed by atoms with E-state index in [1.54, 1.807) is 13.8 Å². The van der Waals surface area contributed by atoms with Crippen molar-refractivity contribution in [1.82, 2.24) is 15.1 Å². The molecular weight excluding hydrogens is 300 g/mol. The highest BCUT2D eigenvalue weighted by Gasteiger charge is 2.22. The van der Waals surface area contributed by atoms with Crippen LogP contribution in [0.1, 0.15) is 18.4 Å². The highest BCUT2D eigenvalue weighted by Crippen LogP contribution is 2.28. The van der Waals surface area contributed by atoms with Gasteiger partial charge in [-0.3, -0.25) is 19.8 Å². The van der Waals surface area contributed by atoms with Crippen molar-refractivity contribution in [2.45, 2.75) is 26.9 Å². The summed E-state index contributed by atoms with van der Waals surface area (Å²) in [7, 11) is 0. The Balaban J connectivity index is 1.80. The highest BCUT2D eigenvalue weighted by molar-refractivity contribution is 6.01. The van der Waals surface area contributed by atoms with E-state index in [2.05, 4.69) is 15.5 Å². The number of aromatic nitrogens is 2. The van der Waals surface area contributed by atoms with Gasteiger partial charge in [0.25, 0.3) is 5.56 Å². The second kappa shape index (κ2) is 6.13. The molecule has 0 bridgehead atoms. The number of nitrogens with zero attached hydrogens (tertiary/aromatic N) is 2. The van der Waals surface area contributed by atoms with Crippen LogP contribution in [-0.4, -0.2) is 53.3 Å². The Morgan fingerprint density at radius 3 is 2.96 bits per heavy atom. The summed E-state index contributed by atoms with van der Waals surface area (Å²) in [5, 5.41) is 10.0. The second-order valence-corrected chi connectivity index (χ2v) is 5.84. The van der Waals surface area contributed by atoms with Crippen molar-refractivity contribution in [1.29, 1.82) is 0 Å². The smallest absolute Gasteiger partial charge is 0.277 e. The minimum Gasteiger partial charge on any atom is -0.444 e. The molecule has 2 aromatic heterocycles. The fourth-order valence-corrected chi connectivity index (χ4v) is 2.93. The minimum absolute atomic E-state index is 0.111. The van der Waals surface area contributed by atoms with Crippen LogP contribution in [0.3, 0.4) is 0 Å². The van der Waals surface area contributed by atoms with Gasteiger partial charge < -0.3 is 9.15 Å². The lowest BCUT2D eigenvalue weighted by atomic mass is 10.2. The molecule has 0 spiro atoms. The Hall–Kier alpha value is -2.19. The van der Waals surface area contributed by atoms with Crippen LogP contribution in [0.25, 0.3) is 10.8 Å². The molecule has 3 rings (SSSR count). The summed E-state index contributed by atoms with van der Waals surface area (Å²) >= 11 is 0. The fourth-order valence-electron chi connectivity index (χ4n) is 2.93. The molecule has 0 radical (unpaired) electrons. The lowest BCUT2D eigenvalue weighted by molar-refractivity contribution is -0.119. The van der Waals surface area contributed by atoms with Gasteiger partial charge >= 0.3 is 0 Å². The number of amides is 1. The van der Waals surface area contributed by atoms with Gasteiger partial charge in [-0.25, -0.2) is 5.10 Å². The molecule has 2 aromatic rings. The van der Waals surface area contributed by atoms with Crippen LogP contribution in [0.4, 0.5) is 5.88 Å². The molecule has 1 aliphatic rings. The average Bonchev–Trinajstić information content (AvgIpc) is 2.80. The van der Waals surface area contributed by atoms with Crippen LogP contribution >= 0.6 is 0 Å². The molecule has 1 atom stereocenters. The summed E-state index contributed by atoms with van der Waals surface area (Å²) < 4.78 is 11.0. The lowest BCUT2D eigenvalue weighted by Crippen LogP contribution is -2.44. The van der Waals surface area contributed by atoms with Gasteiger partial charge in [0, 0.05) is 13.1 Å². The predicted octanol–water partition coefficient (Wildman–Crippen LogP) is 0.792. The topological polar surface area (TPSA) is 100 Å². The summed E-state index contributed by atoms with van der Waals surface area (Å²) in [6, 6.07) is 0. The number of fused-ring (bicyclic) bond motifs is 1. The molecule has 0 unspecified atom stereocenters. The van der Waals surface area contributed by atoms with Gasteiger partial charge in [0.05, 0.1) is 30.3 Å². The third-order valence-electron chi connectivity index (χ3n) is 3.94. The van der Waals surface area contributed by atoms with Gasteiger partial charge in [0.2, 0.25) is 11.8 Å². The van der Waals surface area contributed by atoms with Gasteiger partial charge in [-0.05, 0) is 20.8 Å². The molecular formula is C15H20N4O4. The van der Waals surface area contributed by atoms with Crippen molar-refractivity contribution < 1.29 is 13.9 Å². The zero-order valence-electron chi connectivity index (χ0n) is 13.4. The molecule has 2 N–H and O–H groups in total. The summed E-state index contributed by atoms with van der Waals surface area (Å²) in [4.78, 5) is 26.3. The number of hydrogen-bond donors (Lipinski definition) is 2. The number of carbonyl (C=O) groups is 1. The first kappa shape index (κ1) is 15.7. The quantitative estimate of drug-likeness (QED) is 0.867. The molecule has 0 aliphatic carbocycles. The van der Waals surface area contributed by atoms with Gasteiger partial charge in [-0.15, -0.1) is 0 Å². The van der Waals surface area contributed by atoms with E-state index < -0.39 is 0 Å². The van der Waals surface area contributed by atoms with Gasteiger partial charge in [0.1, 0.15) is 11.1 Å². The number of ether oxygens (including phenoxy) is 1. The standard InChI is InChI=1S/C15H20N4O4/c1-8-6-19(4-5-22-8)7-11(20)16-15-13-12(10(3)23-15)9(2)17-18-14(13)21/h8H,4-7H2,1-3H3,(H,16,20)(H,18,21)/t8-/m0/s1. The normalized spacial score (nSPS) is 19.2. The molecule has 124 valence electrons. The Labute approximate surface area is 132 Å². The predicted molar refractivity (Wildman–Crippen MR) is 84.6 cm³/mol. The van der Waals surface area contributed by atoms with E-state index >= 15 is 0 Å². The molecule has 8 nitrogen and oxygen atoms in total. The van der Waals surface area contributed by atoms with Crippen LogP contribution in [0, 0.1) is 13.8 Å². The molecule has 3 heterocycles. The molecule has 1 saturated heterocycles. The van der Waals surface area contributed by atoms with Crippen molar-refractivity contribution >= 4 is 22.6 Å². The van der Waals surface area contributed by atoms with E-state index in [4.69, 9.17) is 9.15 Å². The maximum Gasteiger partial charge on any atom is 0.277 e. The van der Waals surface area contributed by atoms with E-state index in [1.807, 2.05) is 11.8 Å². The Kier molecular flexibility index (Phi) is 4.18.